The number of carboxylic acids is 2. The molecule has 0 aromatic carbocycles. The van der Waals surface area contributed by atoms with Gasteiger partial charge in [-0.2, -0.15) is 0 Å². The third kappa shape index (κ3) is 7.78. The maximum Gasteiger partial charge on any atom is 0.748 e. The highest BCUT2D eigenvalue weighted by Gasteiger charge is 2.49. The molecule has 21 heavy (non-hydrogen) atoms. The molecule has 2 unspecified atom stereocenters. The molecule has 120 valence electrons. The van der Waals surface area contributed by atoms with Gasteiger partial charge in [0.2, 0.25) is 0 Å². The molecule has 0 bridgehead atoms. The molecule has 0 fully saturated rings. The zero-order valence-corrected chi connectivity index (χ0v) is 10.3. The molecule has 0 spiro atoms. The summed E-state index contributed by atoms with van der Waals surface area (Å²) in [5.41, 5.74) is 0. The predicted octanol–water partition coefficient (Wildman–Crippen LogP) is -4.20. The van der Waals surface area contributed by atoms with Gasteiger partial charge in [-0.1, -0.05) is 0 Å². The number of hydrogen-bond acceptors (Lipinski definition) is 8. The van der Waals surface area contributed by atoms with Gasteiger partial charge in [0, 0.05) is 0 Å². The van der Waals surface area contributed by atoms with E-state index >= 15 is 0 Å². The van der Waals surface area contributed by atoms with Crippen LogP contribution in [0.3, 0.4) is 0 Å². The van der Waals surface area contributed by atoms with Crippen LogP contribution in [0.15, 0.2) is 0 Å². The molecule has 12 nitrogen and oxygen atoms in total. The minimum atomic E-state index is -3.42. The van der Waals surface area contributed by atoms with Crippen molar-refractivity contribution >= 4 is 23.9 Å². The monoisotopic (exact) mass is 314 g/mol. The van der Waals surface area contributed by atoms with Crippen LogP contribution in [0.2, 0.25) is 0 Å². The molecule has 0 aliphatic heterocycles. The fourth-order valence-corrected chi connectivity index (χ4v) is 0.938. The van der Waals surface area contributed by atoms with Crippen LogP contribution in [0.4, 0.5) is 0 Å². The van der Waals surface area contributed by atoms with Gasteiger partial charge in [0.05, 0.1) is 12.8 Å². The van der Waals surface area contributed by atoms with Crippen LogP contribution in [-0.4, -0.2) is 72.9 Å². The van der Waals surface area contributed by atoms with Crippen molar-refractivity contribution in [3.8, 4) is 0 Å². The molecule has 0 aromatic heterocycles. The lowest BCUT2D eigenvalue weighted by atomic mass is 10.2. The third-order valence-corrected chi connectivity index (χ3v) is 1.77. The summed E-state index contributed by atoms with van der Waals surface area (Å²) < 4.78 is 7.81. The van der Waals surface area contributed by atoms with Gasteiger partial charge in [-0.15, -0.1) is 0 Å². The van der Waals surface area contributed by atoms with Crippen molar-refractivity contribution in [2.24, 2.45) is 0 Å². The molecule has 0 rings (SSSR count). The lowest BCUT2D eigenvalue weighted by Gasteiger charge is -2.14. The van der Waals surface area contributed by atoms with E-state index in [1.165, 1.54) is 0 Å². The molecule has 0 radical (unpaired) electrons. The van der Waals surface area contributed by atoms with Gasteiger partial charge in [0.25, 0.3) is 0 Å². The summed E-state index contributed by atoms with van der Waals surface area (Å²) in [5.74, 6) is -6.56. The summed E-state index contributed by atoms with van der Waals surface area (Å²) in [6, 6.07) is 0. The van der Waals surface area contributed by atoms with Crippen molar-refractivity contribution in [1.29, 1.82) is 0 Å². The van der Waals surface area contributed by atoms with E-state index in [9.17, 15) is 19.2 Å². The lowest BCUT2D eigenvalue weighted by molar-refractivity contribution is -0.436. The highest BCUT2D eigenvalue weighted by Crippen LogP contribution is 2.10. The number of carbonyl (C=O) groups excluding carboxylic acids is 2. The average Bonchev–Trinajstić information content (AvgIpc) is 2.25. The molecule has 0 aliphatic rings. The minimum Gasteiger partial charge on any atom is -0.481 e. The first kappa shape index (κ1) is 18.7. The van der Waals surface area contributed by atoms with Crippen LogP contribution in [0.25, 0.3) is 0 Å². The van der Waals surface area contributed by atoms with Crippen LogP contribution in [0.5, 0.6) is 0 Å². The fraction of sp³-hybridized carbons (Fsp3) is 0.556. The van der Waals surface area contributed by atoms with Crippen LogP contribution in [0, 0.1) is 0 Å². The summed E-state index contributed by atoms with van der Waals surface area (Å²) in [5, 5.41) is 48.6. The zero-order chi connectivity index (χ0) is 16.8. The van der Waals surface area contributed by atoms with E-state index < -0.39 is 55.1 Å². The number of carbonyl (C=O) groups is 4. The predicted molar refractivity (Wildman–Crippen MR) is 58.7 cm³/mol. The summed E-state index contributed by atoms with van der Waals surface area (Å²) in [6.07, 6.45) is -9.94. The first-order valence-electron chi connectivity index (χ1n) is 5.20. The Hall–Kier alpha value is -2.28. The van der Waals surface area contributed by atoms with E-state index in [0.29, 0.717) is 0 Å². The largest absolute Gasteiger partial charge is 0.748 e. The highest BCUT2D eigenvalue weighted by molar-refractivity contribution is 5.82. The van der Waals surface area contributed by atoms with Gasteiger partial charge < -0.3 is 20.4 Å². The normalized spacial score (nSPS) is 13.9. The van der Waals surface area contributed by atoms with Gasteiger partial charge >= 0.3 is 30.0 Å². The van der Waals surface area contributed by atoms with Crippen LogP contribution in [-0.2, 0) is 28.7 Å². The maximum atomic E-state index is 11.1. The molecule has 2 atom stereocenters. The Morgan fingerprint density at radius 1 is 0.857 bits per heavy atom. The van der Waals surface area contributed by atoms with Crippen molar-refractivity contribution in [2.45, 2.75) is 31.2 Å². The maximum absolute atomic E-state index is 11.1. The number of carboxylic acid groups (broad SMARTS) is 2. The second-order valence-corrected chi connectivity index (χ2v) is 3.69. The average molecular weight is 314 g/mol. The molecular weight excluding hydrogens is 300 g/mol. The molecule has 0 aliphatic carbocycles. The van der Waals surface area contributed by atoms with E-state index in [2.05, 4.69) is 9.47 Å². The number of aliphatic hydroxyl groups excluding tert-OH is 2. The quantitative estimate of drug-likeness (QED) is 0.192. The van der Waals surface area contributed by atoms with E-state index in [0.717, 1.165) is 0 Å². The molecule has 0 saturated heterocycles. The first-order chi connectivity index (χ1) is 9.44. The van der Waals surface area contributed by atoms with E-state index in [1.54, 1.807) is 0 Å². The van der Waals surface area contributed by atoms with Gasteiger partial charge in [-0.05, 0) is 0 Å². The number of ether oxygens (including phenoxy) is 2. The summed E-state index contributed by atoms with van der Waals surface area (Å²) in [6.45, 7) is 0. The zero-order valence-electron chi connectivity index (χ0n) is 10.3. The van der Waals surface area contributed by atoms with Crippen LogP contribution < -0.4 is 0 Å². The lowest BCUT2D eigenvalue weighted by Crippen LogP contribution is -2.45. The Morgan fingerprint density at radius 3 is 1.38 bits per heavy atom. The molecule has 12 heteroatoms. The summed E-state index contributed by atoms with van der Waals surface area (Å²) in [4.78, 5) is 42.6. The van der Waals surface area contributed by atoms with Crippen molar-refractivity contribution in [1.82, 2.24) is 0 Å². The minimum absolute atomic E-state index is 1.06. The molecular formula is C9H14O12+2. The van der Waals surface area contributed by atoms with E-state index in [-0.39, 0.29) is 0 Å². The van der Waals surface area contributed by atoms with Crippen molar-refractivity contribution in [3.05, 3.63) is 0 Å². The SMILES string of the molecule is O=C(O)CC(O)C(=O)OC([OH2+])([OH2+])OC(=O)C(O)CC(=O)O. The highest BCUT2D eigenvalue weighted by atomic mass is 17.0. The van der Waals surface area contributed by atoms with Gasteiger partial charge in [0.1, 0.15) is 0 Å². The van der Waals surface area contributed by atoms with Crippen molar-refractivity contribution in [3.63, 3.8) is 0 Å². The molecule has 0 heterocycles. The summed E-state index contributed by atoms with van der Waals surface area (Å²) in [7, 11) is 0. The third-order valence-electron chi connectivity index (χ3n) is 1.77. The van der Waals surface area contributed by atoms with Gasteiger partial charge in [-0.3, -0.25) is 29.3 Å². The Balaban J connectivity index is 4.55. The van der Waals surface area contributed by atoms with E-state index in [4.69, 9.17) is 30.6 Å². The Morgan fingerprint density at radius 2 is 1.14 bits per heavy atom. The number of aliphatic hydroxyl groups is 2. The molecule has 8 N–H and O–H groups in total. The smallest absolute Gasteiger partial charge is 0.481 e. The number of rotatable bonds is 8. The van der Waals surface area contributed by atoms with Crippen LogP contribution in [0.1, 0.15) is 12.8 Å². The Labute approximate surface area is 115 Å². The number of esters is 2. The van der Waals surface area contributed by atoms with Gasteiger partial charge in [0.15, 0.2) is 12.2 Å². The Kier molecular flexibility index (Phi) is 6.68. The second kappa shape index (κ2) is 7.49. The molecule has 0 amide bonds. The van der Waals surface area contributed by atoms with Crippen molar-refractivity contribution < 1.29 is 59.3 Å². The second-order valence-electron chi connectivity index (χ2n) is 3.69. The fourth-order valence-electron chi connectivity index (χ4n) is 0.938. The van der Waals surface area contributed by atoms with Crippen molar-refractivity contribution in [2.75, 3.05) is 0 Å². The first-order valence-corrected chi connectivity index (χ1v) is 5.20. The Bertz CT molecular complexity index is 388. The topological polar surface area (TPSA) is 213 Å². The van der Waals surface area contributed by atoms with Crippen LogP contribution >= 0.6 is 0 Å². The van der Waals surface area contributed by atoms with E-state index in [1.807, 2.05) is 0 Å². The van der Waals surface area contributed by atoms with Gasteiger partial charge in [-0.25, -0.2) is 9.59 Å². The standard InChI is InChI=1S/C9H12O12/c10-3(1-5(12)13)7(16)20-9(18,19)21-8(17)4(11)2-6(14)15/h3-4,10-11,18-19H,1-2H2,(H,12,13)(H,14,15)/p+2. The molecule has 0 aromatic rings. The molecule has 0 saturated carbocycles. The number of hydrogen-bond donors (Lipinski definition) is 4. The summed E-state index contributed by atoms with van der Waals surface area (Å²) >= 11 is 0. The number of aliphatic carboxylic acids is 2.